The van der Waals surface area contributed by atoms with E-state index in [-0.39, 0.29) is 18.1 Å². The van der Waals surface area contributed by atoms with Crippen LogP contribution in [0, 0.1) is 0 Å². The summed E-state index contributed by atoms with van der Waals surface area (Å²) in [5.41, 5.74) is -0.466. The van der Waals surface area contributed by atoms with Gasteiger partial charge in [-0.05, 0) is 58.9 Å². The van der Waals surface area contributed by atoms with Crippen LogP contribution in [0.2, 0.25) is 5.15 Å². The Balaban J connectivity index is 1.79. The number of ether oxygens (including phenoxy) is 2. The number of likely N-dealkylation sites (tertiary alicyclic amines) is 1. The molecule has 1 aromatic heterocycles. The van der Waals surface area contributed by atoms with Crippen LogP contribution in [0.1, 0.15) is 52.9 Å². The molecule has 0 saturated carbocycles. The van der Waals surface area contributed by atoms with Gasteiger partial charge >= 0.3 is 12.1 Å². The van der Waals surface area contributed by atoms with Crippen LogP contribution in [0.4, 0.5) is 4.79 Å². The Kier molecular flexibility index (Phi) is 6.66. The zero-order valence-electron chi connectivity index (χ0n) is 14.6. The Morgan fingerprint density at radius 2 is 2.21 bits per heavy atom. The Morgan fingerprint density at radius 1 is 1.42 bits per heavy atom. The molecule has 0 aliphatic carbocycles. The Bertz CT molecular complexity index is 548. The van der Waals surface area contributed by atoms with Crippen LogP contribution in [0.5, 0.6) is 6.01 Å². The van der Waals surface area contributed by atoms with Gasteiger partial charge in [-0.25, -0.2) is 9.78 Å². The summed E-state index contributed by atoms with van der Waals surface area (Å²) in [6, 6.07) is 2.10. The van der Waals surface area contributed by atoms with Crippen molar-refractivity contribution in [1.82, 2.24) is 14.9 Å². The van der Waals surface area contributed by atoms with Gasteiger partial charge in [0.2, 0.25) is 0 Å². The third-order valence-electron chi connectivity index (χ3n) is 3.77. The van der Waals surface area contributed by atoms with E-state index in [0.29, 0.717) is 11.8 Å². The molecule has 0 spiro atoms. The minimum absolute atomic E-state index is 0.206. The molecule has 1 fully saturated rings. The molecule has 2 heterocycles. The Hall–Kier alpha value is -1.56. The fourth-order valence-corrected chi connectivity index (χ4v) is 2.86. The SMILES string of the molecule is CC(C)(C)OC(=O)N1CCCC[C@@H]1CCCOc1nccc(Cl)n1. The van der Waals surface area contributed by atoms with Crippen molar-refractivity contribution < 1.29 is 14.3 Å². The highest BCUT2D eigenvalue weighted by atomic mass is 35.5. The van der Waals surface area contributed by atoms with Gasteiger partial charge in [0.05, 0.1) is 6.61 Å². The molecule has 0 bridgehead atoms. The number of halogens is 1. The van der Waals surface area contributed by atoms with Crippen LogP contribution < -0.4 is 4.74 Å². The second-order valence-electron chi connectivity index (χ2n) is 6.98. The van der Waals surface area contributed by atoms with Crippen LogP contribution in [0.25, 0.3) is 0 Å². The third-order valence-corrected chi connectivity index (χ3v) is 3.98. The predicted octanol–water partition coefficient (Wildman–Crippen LogP) is 4.08. The van der Waals surface area contributed by atoms with Crippen molar-refractivity contribution in [2.45, 2.75) is 64.5 Å². The summed E-state index contributed by atoms with van der Waals surface area (Å²) >= 11 is 5.80. The number of amides is 1. The van der Waals surface area contributed by atoms with Crippen LogP contribution in [-0.4, -0.2) is 45.8 Å². The molecular weight excluding hydrogens is 330 g/mol. The molecule has 1 amide bonds. The van der Waals surface area contributed by atoms with Gasteiger partial charge in [0.25, 0.3) is 0 Å². The lowest BCUT2D eigenvalue weighted by atomic mass is 9.98. The molecule has 0 aromatic carbocycles. The molecule has 6 nitrogen and oxygen atoms in total. The number of aromatic nitrogens is 2. The van der Waals surface area contributed by atoms with Gasteiger partial charge in [0, 0.05) is 18.8 Å². The van der Waals surface area contributed by atoms with Crippen molar-refractivity contribution in [3.05, 3.63) is 17.4 Å². The minimum Gasteiger partial charge on any atom is -0.463 e. The highest BCUT2D eigenvalue weighted by Crippen LogP contribution is 2.23. The monoisotopic (exact) mass is 355 g/mol. The Labute approximate surface area is 148 Å². The molecule has 0 unspecified atom stereocenters. The standard InChI is InChI=1S/C17H26ClN3O3/c1-17(2,3)24-16(22)21-11-5-4-7-13(21)8-6-12-23-15-19-10-9-14(18)20-15/h9-10,13H,4-8,11-12H2,1-3H3/t13-/m1/s1. The predicted molar refractivity (Wildman–Crippen MR) is 92.4 cm³/mol. The normalized spacial score (nSPS) is 18.3. The van der Waals surface area contributed by atoms with Gasteiger partial charge in [-0.15, -0.1) is 0 Å². The van der Waals surface area contributed by atoms with E-state index in [1.54, 1.807) is 12.3 Å². The number of carbonyl (C=O) groups is 1. The summed E-state index contributed by atoms with van der Waals surface area (Å²) in [4.78, 5) is 22.2. The molecule has 2 rings (SSSR count). The molecule has 134 valence electrons. The fraction of sp³-hybridized carbons (Fsp3) is 0.706. The average molecular weight is 356 g/mol. The lowest BCUT2D eigenvalue weighted by Gasteiger charge is -2.36. The van der Waals surface area contributed by atoms with E-state index in [0.717, 1.165) is 38.6 Å². The van der Waals surface area contributed by atoms with Crippen molar-refractivity contribution in [3.8, 4) is 6.01 Å². The number of hydrogen-bond acceptors (Lipinski definition) is 5. The van der Waals surface area contributed by atoms with Gasteiger partial charge in [-0.3, -0.25) is 0 Å². The summed E-state index contributed by atoms with van der Waals surface area (Å²) in [7, 11) is 0. The van der Waals surface area contributed by atoms with Gasteiger partial charge in [-0.1, -0.05) is 11.6 Å². The maximum Gasteiger partial charge on any atom is 0.410 e. The molecule has 7 heteroatoms. The fourth-order valence-electron chi connectivity index (χ4n) is 2.73. The first-order valence-electron chi connectivity index (χ1n) is 8.46. The van der Waals surface area contributed by atoms with Crippen LogP contribution in [0.15, 0.2) is 12.3 Å². The minimum atomic E-state index is -0.466. The van der Waals surface area contributed by atoms with Crippen molar-refractivity contribution in [2.75, 3.05) is 13.2 Å². The molecule has 1 aliphatic rings. The molecule has 1 aromatic rings. The Morgan fingerprint density at radius 3 is 2.92 bits per heavy atom. The first-order valence-corrected chi connectivity index (χ1v) is 8.84. The summed E-state index contributed by atoms with van der Waals surface area (Å²) in [6.45, 7) is 6.94. The first kappa shape index (κ1) is 18.8. The van der Waals surface area contributed by atoms with Crippen molar-refractivity contribution in [3.63, 3.8) is 0 Å². The van der Waals surface area contributed by atoms with E-state index in [2.05, 4.69) is 9.97 Å². The van der Waals surface area contributed by atoms with E-state index in [4.69, 9.17) is 21.1 Å². The van der Waals surface area contributed by atoms with Crippen LogP contribution >= 0.6 is 11.6 Å². The average Bonchev–Trinajstić information content (AvgIpc) is 2.50. The maximum atomic E-state index is 12.4. The summed E-state index contributed by atoms with van der Waals surface area (Å²) in [5.74, 6) is 0. The van der Waals surface area contributed by atoms with E-state index in [9.17, 15) is 4.79 Å². The molecule has 24 heavy (non-hydrogen) atoms. The van der Waals surface area contributed by atoms with Crippen LogP contribution in [0.3, 0.4) is 0 Å². The zero-order chi connectivity index (χ0) is 17.6. The molecule has 1 saturated heterocycles. The quantitative estimate of drug-likeness (QED) is 0.588. The smallest absolute Gasteiger partial charge is 0.410 e. The largest absolute Gasteiger partial charge is 0.463 e. The summed E-state index contributed by atoms with van der Waals surface area (Å²) < 4.78 is 11.0. The highest BCUT2D eigenvalue weighted by Gasteiger charge is 2.30. The van der Waals surface area contributed by atoms with Gasteiger partial charge in [0.1, 0.15) is 10.8 Å². The van der Waals surface area contributed by atoms with E-state index in [1.807, 2.05) is 25.7 Å². The van der Waals surface area contributed by atoms with Gasteiger partial charge in [0.15, 0.2) is 0 Å². The first-order chi connectivity index (χ1) is 11.3. The molecule has 0 N–H and O–H groups in total. The number of nitrogens with zero attached hydrogens (tertiary/aromatic N) is 3. The van der Waals surface area contributed by atoms with Crippen molar-refractivity contribution in [1.29, 1.82) is 0 Å². The number of piperidine rings is 1. The lowest BCUT2D eigenvalue weighted by molar-refractivity contribution is 0.00820. The van der Waals surface area contributed by atoms with E-state index in [1.165, 1.54) is 0 Å². The molecule has 1 aliphatic heterocycles. The maximum absolute atomic E-state index is 12.4. The zero-order valence-corrected chi connectivity index (χ0v) is 15.4. The van der Waals surface area contributed by atoms with Gasteiger partial charge < -0.3 is 14.4 Å². The second-order valence-corrected chi connectivity index (χ2v) is 7.36. The summed E-state index contributed by atoms with van der Waals surface area (Å²) in [5, 5.41) is 0.364. The number of carbonyl (C=O) groups excluding carboxylic acids is 1. The molecule has 1 atom stereocenters. The topological polar surface area (TPSA) is 64.5 Å². The highest BCUT2D eigenvalue weighted by molar-refractivity contribution is 6.29. The molecular formula is C17H26ClN3O3. The van der Waals surface area contributed by atoms with E-state index < -0.39 is 5.60 Å². The van der Waals surface area contributed by atoms with Crippen LogP contribution in [-0.2, 0) is 4.74 Å². The van der Waals surface area contributed by atoms with Crippen molar-refractivity contribution >= 4 is 17.7 Å². The van der Waals surface area contributed by atoms with Gasteiger partial charge in [-0.2, -0.15) is 4.98 Å². The molecule has 0 radical (unpaired) electrons. The third kappa shape index (κ3) is 6.15. The lowest BCUT2D eigenvalue weighted by Crippen LogP contribution is -2.46. The van der Waals surface area contributed by atoms with Crippen molar-refractivity contribution in [2.24, 2.45) is 0 Å². The number of hydrogen-bond donors (Lipinski definition) is 0. The summed E-state index contributed by atoms with van der Waals surface area (Å²) in [6.07, 6.45) is 6.22. The van der Waals surface area contributed by atoms with E-state index >= 15 is 0 Å². The second kappa shape index (κ2) is 8.51. The number of rotatable bonds is 5.